The van der Waals surface area contributed by atoms with Gasteiger partial charge in [-0.15, -0.1) is 0 Å². The Kier molecular flexibility index (Phi) is 7.46. The van der Waals surface area contributed by atoms with Crippen LogP contribution in [0.3, 0.4) is 0 Å². The number of hydrogen-bond donors (Lipinski definition) is 1. The van der Waals surface area contributed by atoms with Crippen molar-refractivity contribution in [1.82, 2.24) is 18.9 Å². The average Bonchev–Trinajstić information content (AvgIpc) is 2.95. The maximum absolute atomic E-state index is 13.1. The summed E-state index contributed by atoms with van der Waals surface area (Å²) in [5.41, 5.74) is 6.24. The summed E-state index contributed by atoms with van der Waals surface area (Å²) < 4.78 is 2.32. The molecule has 0 radical (unpaired) electrons. The lowest BCUT2D eigenvalue weighted by molar-refractivity contribution is 0.0930. The lowest BCUT2D eigenvalue weighted by Crippen LogP contribution is -2.44. The van der Waals surface area contributed by atoms with E-state index in [1.807, 2.05) is 32.0 Å². The van der Waals surface area contributed by atoms with Gasteiger partial charge < -0.3 is 5.73 Å². The first kappa shape index (κ1) is 23.0. The third-order valence-corrected chi connectivity index (χ3v) is 5.71. The van der Waals surface area contributed by atoms with E-state index in [0.29, 0.717) is 6.54 Å². The Morgan fingerprint density at radius 1 is 1.03 bits per heavy atom. The molecule has 2 aromatic rings. The van der Waals surface area contributed by atoms with Gasteiger partial charge in [-0.3, -0.25) is 28.5 Å². The van der Waals surface area contributed by atoms with E-state index < -0.39 is 11.2 Å². The Morgan fingerprint density at radius 2 is 1.68 bits per heavy atom. The molecule has 3 rings (SSSR count). The van der Waals surface area contributed by atoms with E-state index >= 15 is 0 Å². The highest BCUT2D eigenvalue weighted by molar-refractivity contribution is 6.01. The van der Waals surface area contributed by atoms with E-state index in [4.69, 9.17) is 5.73 Å². The fourth-order valence-corrected chi connectivity index (χ4v) is 4.05. The van der Waals surface area contributed by atoms with Crippen LogP contribution in [-0.4, -0.2) is 57.4 Å². The number of benzene rings is 1. The molecule has 0 amide bonds. The largest absolute Gasteiger partial charge is 0.384 e. The third kappa shape index (κ3) is 5.51. The van der Waals surface area contributed by atoms with Gasteiger partial charge in [-0.2, -0.15) is 0 Å². The SMILES string of the molecule is CC(C)Cn1c(N)c(C(=O)CN2CCCN(Cc3ccccc3)CC2)c(=O)n(C)c1=O. The van der Waals surface area contributed by atoms with Gasteiger partial charge in [-0.05, 0) is 31.0 Å². The van der Waals surface area contributed by atoms with Gasteiger partial charge in [0.15, 0.2) is 5.78 Å². The molecule has 0 atom stereocenters. The lowest BCUT2D eigenvalue weighted by Gasteiger charge is -2.22. The van der Waals surface area contributed by atoms with Crippen LogP contribution in [0.25, 0.3) is 0 Å². The fourth-order valence-electron chi connectivity index (χ4n) is 4.05. The van der Waals surface area contributed by atoms with Crippen molar-refractivity contribution in [3.8, 4) is 0 Å². The molecule has 0 spiro atoms. The quantitative estimate of drug-likeness (QED) is 0.667. The smallest absolute Gasteiger partial charge is 0.332 e. The molecule has 168 valence electrons. The lowest BCUT2D eigenvalue weighted by atomic mass is 10.1. The van der Waals surface area contributed by atoms with Crippen molar-refractivity contribution in [3.63, 3.8) is 0 Å². The number of carbonyl (C=O) groups is 1. The molecule has 0 saturated carbocycles. The molecule has 1 aromatic carbocycles. The number of hydrogen-bond acceptors (Lipinski definition) is 6. The van der Waals surface area contributed by atoms with Gasteiger partial charge in [0.1, 0.15) is 11.4 Å². The Balaban J connectivity index is 1.72. The van der Waals surface area contributed by atoms with Gasteiger partial charge in [-0.1, -0.05) is 44.2 Å². The number of nitrogens with zero attached hydrogens (tertiary/aromatic N) is 4. The van der Waals surface area contributed by atoms with E-state index in [1.54, 1.807) is 0 Å². The zero-order valence-electron chi connectivity index (χ0n) is 18.7. The minimum atomic E-state index is -0.618. The molecule has 2 N–H and O–H groups in total. The molecule has 1 fully saturated rings. The number of ketones is 1. The van der Waals surface area contributed by atoms with Crippen molar-refractivity contribution in [2.24, 2.45) is 13.0 Å². The molecule has 1 aliphatic heterocycles. The van der Waals surface area contributed by atoms with Crippen LogP contribution >= 0.6 is 0 Å². The predicted molar refractivity (Wildman–Crippen MR) is 122 cm³/mol. The van der Waals surface area contributed by atoms with Crippen LogP contribution in [0, 0.1) is 5.92 Å². The monoisotopic (exact) mass is 427 g/mol. The van der Waals surface area contributed by atoms with Crippen molar-refractivity contribution >= 4 is 11.6 Å². The highest BCUT2D eigenvalue weighted by Gasteiger charge is 2.24. The molecule has 8 nitrogen and oxygen atoms in total. The average molecular weight is 428 g/mol. The normalized spacial score (nSPS) is 15.9. The molecule has 0 aliphatic carbocycles. The second-order valence-electron chi connectivity index (χ2n) is 8.73. The number of aromatic nitrogens is 2. The Hall–Kier alpha value is -2.71. The van der Waals surface area contributed by atoms with Crippen LogP contribution in [0.15, 0.2) is 39.9 Å². The molecule has 1 saturated heterocycles. The topological polar surface area (TPSA) is 93.6 Å². The zero-order valence-corrected chi connectivity index (χ0v) is 18.7. The maximum atomic E-state index is 13.1. The molecule has 8 heteroatoms. The second-order valence-corrected chi connectivity index (χ2v) is 8.73. The predicted octanol–water partition coefficient (Wildman–Crippen LogP) is 1.18. The van der Waals surface area contributed by atoms with Gasteiger partial charge >= 0.3 is 5.69 Å². The highest BCUT2D eigenvalue weighted by Crippen LogP contribution is 2.12. The Bertz CT molecular complexity index is 1030. The van der Waals surface area contributed by atoms with Crippen LogP contribution in [0.5, 0.6) is 0 Å². The van der Waals surface area contributed by atoms with E-state index in [2.05, 4.69) is 21.9 Å². The molecule has 0 bridgehead atoms. The summed E-state index contributed by atoms with van der Waals surface area (Å²) in [6.45, 7) is 8.61. The minimum Gasteiger partial charge on any atom is -0.384 e. The molecule has 31 heavy (non-hydrogen) atoms. The summed E-state index contributed by atoms with van der Waals surface area (Å²) in [4.78, 5) is 42.7. The van der Waals surface area contributed by atoms with Crippen molar-refractivity contribution < 1.29 is 4.79 Å². The first-order valence-corrected chi connectivity index (χ1v) is 10.9. The zero-order chi connectivity index (χ0) is 22.5. The van der Waals surface area contributed by atoms with Crippen LogP contribution in [0.4, 0.5) is 5.82 Å². The van der Waals surface area contributed by atoms with Gasteiger partial charge in [-0.25, -0.2) is 4.79 Å². The highest BCUT2D eigenvalue weighted by atomic mass is 16.2. The summed E-state index contributed by atoms with van der Waals surface area (Å²) in [5.74, 6) is -0.193. The molecule has 0 unspecified atom stereocenters. The van der Waals surface area contributed by atoms with Crippen molar-refractivity contribution in [2.45, 2.75) is 33.4 Å². The third-order valence-electron chi connectivity index (χ3n) is 5.71. The fraction of sp³-hybridized carbons (Fsp3) is 0.522. The van der Waals surface area contributed by atoms with Gasteiger partial charge in [0, 0.05) is 33.2 Å². The first-order valence-electron chi connectivity index (χ1n) is 10.9. The summed E-state index contributed by atoms with van der Waals surface area (Å²) in [6, 6.07) is 10.3. The van der Waals surface area contributed by atoms with Gasteiger partial charge in [0.25, 0.3) is 5.56 Å². The van der Waals surface area contributed by atoms with Crippen molar-refractivity contribution in [3.05, 3.63) is 62.3 Å². The number of nitrogens with two attached hydrogens (primary N) is 1. The summed E-state index contributed by atoms with van der Waals surface area (Å²) in [5, 5.41) is 0. The van der Waals surface area contributed by atoms with Crippen LogP contribution in [0.2, 0.25) is 0 Å². The number of carbonyl (C=O) groups excluding carboxylic acids is 1. The second kappa shape index (κ2) is 10.1. The van der Waals surface area contributed by atoms with Gasteiger partial charge in [0.2, 0.25) is 0 Å². The van der Waals surface area contributed by atoms with Crippen molar-refractivity contribution in [1.29, 1.82) is 0 Å². The van der Waals surface area contributed by atoms with Gasteiger partial charge in [0.05, 0.1) is 6.54 Å². The molecule has 1 aromatic heterocycles. The number of anilines is 1. The van der Waals surface area contributed by atoms with E-state index in [-0.39, 0.29) is 29.6 Å². The van der Waals surface area contributed by atoms with Crippen LogP contribution < -0.4 is 17.0 Å². The van der Waals surface area contributed by atoms with E-state index in [9.17, 15) is 14.4 Å². The van der Waals surface area contributed by atoms with Crippen LogP contribution in [0.1, 0.15) is 36.2 Å². The summed E-state index contributed by atoms with van der Waals surface area (Å²) in [6.07, 6.45) is 0.945. The Labute approximate surface area is 182 Å². The standard InChI is InChI=1S/C23H33N5O3/c1-17(2)14-28-21(24)20(22(30)25(3)23(28)31)19(29)16-27-11-7-10-26(12-13-27)15-18-8-5-4-6-9-18/h4-6,8-9,17H,7,10-16,24H2,1-3H3. The summed E-state index contributed by atoms with van der Waals surface area (Å²) >= 11 is 0. The number of Topliss-reactive ketones (excluding diaryl/α,β-unsaturated/α-hetero) is 1. The first-order chi connectivity index (χ1) is 14.8. The molecule has 1 aliphatic rings. The van der Waals surface area contributed by atoms with Crippen LogP contribution in [-0.2, 0) is 20.1 Å². The molecule has 2 heterocycles. The number of rotatable bonds is 7. The van der Waals surface area contributed by atoms with Crippen molar-refractivity contribution in [2.75, 3.05) is 38.5 Å². The molecular formula is C23H33N5O3. The Morgan fingerprint density at radius 3 is 2.35 bits per heavy atom. The number of nitrogen functional groups attached to an aromatic ring is 1. The minimum absolute atomic E-state index is 0.0210. The molecular weight excluding hydrogens is 394 g/mol. The maximum Gasteiger partial charge on any atom is 0.332 e. The van der Waals surface area contributed by atoms with E-state index in [0.717, 1.165) is 43.7 Å². The van der Waals surface area contributed by atoms with E-state index in [1.165, 1.54) is 17.2 Å². The summed E-state index contributed by atoms with van der Waals surface area (Å²) in [7, 11) is 1.39.